The number of alkyl halides is 1. The van der Waals surface area contributed by atoms with Gasteiger partial charge in [-0.2, -0.15) is 0 Å². The molecule has 17 heavy (non-hydrogen) atoms. The van der Waals surface area contributed by atoms with E-state index in [1.807, 2.05) is 0 Å². The van der Waals surface area contributed by atoms with Gasteiger partial charge in [0, 0.05) is 24.9 Å². The van der Waals surface area contributed by atoms with Gasteiger partial charge in [0.2, 0.25) is 5.91 Å². The lowest BCUT2D eigenvalue weighted by Crippen LogP contribution is -2.42. The fourth-order valence-corrected chi connectivity index (χ4v) is 2.73. The number of carbonyl (C=O) groups is 1. The van der Waals surface area contributed by atoms with Gasteiger partial charge >= 0.3 is 0 Å². The van der Waals surface area contributed by atoms with Crippen LogP contribution in [0.5, 0.6) is 0 Å². The molecule has 0 N–H and O–H groups in total. The van der Waals surface area contributed by atoms with E-state index in [1.54, 1.807) is 0 Å². The van der Waals surface area contributed by atoms with E-state index in [2.05, 4.69) is 18.7 Å². The lowest BCUT2D eigenvalue weighted by Gasteiger charge is -2.34. The fraction of sp³-hybridized carbons (Fsp3) is 0.929. The Bertz CT molecular complexity index is 224. The van der Waals surface area contributed by atoms with Gasteiger partial charge in [0.1, 0.15) is 0 Å². The standard InChI is InChI=1S/C14H26ClNO/c1-12(2)8-9-14(17)16(11-10-15)13-6-4-3-5-7-13/h12-13H,3-11H2,1-2H3. The zero-order valence-electron chi connectivity index (χ0n) is 11.3. The molecular formula is C14H26ClNO. The zero-order valence-corrected chi connectivity index (χ0v) is 12.0. The van der Waals surface area contributed by atoms with Gasteiger partial charge in [-0.1, -0.05) is 33.1 Å². The molecule has 0 saturated heterocycles. The highest BCUT2D eigenvalue weighted by atomic mass is 35.5. The van der Waals surface area contributed by atoms with Crippen LogP contribution in [0.1, 0.15) is 58.8 Å². The van der Waals surface area contributed by atoms with Gasteiger partial charge in [0.15, 0.2) is 0 Å². The Morgan fingerprint density at radius 3 is 2.47 bits per heavy atom. The van der Waals surface area contributed by atoms with Crippen LogP contribution in [-0.2, 0) is 4.79 Å². The van der Waals surface area contributed by atoms with Crippen molar-refractivity contribution < 1.29 is 4.79 Å². The fourth-order valence-electron chi connectivity index (χ4n) is 2.55. The predicted molar refractivity (Wildman–Crippen MR) is 73.4 cm³/mol. The molecule has 1 fully saturated rings. The summed E-state index contributed by atoms with van der Waals surface area (Å²) in [6.07, 6.45) is 7.87. The van der Waals surface area contributed by atoms with E-state index in [4.69, 9.17) is 11.6 Å². The number of halogens is 1. The first kappa shape index (κ1) is 14.8. The molecule has 1 saturated carbocycles. The van der Waals surface area contributed by atoms with Gasteiger partial charge in [-0.05, 0) is 25.2 Å². The maximum absolute atomic E-state index is 12.2. The lowest BCUT2D eigenvalue weighted by atomic mass is 9.93. The third-order valence-corrected chi connectivity index (χ3v) is 3.77. The van der Waals surface area contributed by atoms with Crippen LogP contribution in [0.2, 0.25) is 0 Å². The Kier molecular flexibility index (Phi) is 6.94. The first-order valence-corrected chi connectivity index (χ1v) is 7.54. The summed E-state index contributed by atoms with van der Waals surface area (Å²) < 4.78 is 0. The van der Waals surface area contributed by atoms with E-state index in [0.29, 0.717) is 30.2 Å². The van der Waals surface area contributed by atoms with Gasteiger partial charge in [-0.25, -0.2) is 0 Å². The highest BCUT2D eigenvalue weighted by Crippen LogP contribution is 2.23. The molecule has 0 atom stereocenters. The van der Waals surface area contributed by atoms with E-state index in [-0.39, 0.29) is 0 Å². The van der Waals surface area contributed by atoms with Crippen LogP contribution in [0.25, 0.3) is 0 Å². The molecule has 2 nitrogen and oxygen atoms in total. The molecule has 1 aliphatic carbocycles. The number of hydrogen-bond acceptors (Lipinski definition) is 1. The summed E-state index contributed by atoms with van der Waals surface area (Å²) in [5.74, 6) is 1.47. The first-order valence-electron chi connectivity index (χ1n) is 7.00. The summed E-state index contributed by atoms with van der Waals surface area (Å²) in [5, 5.41) is 0. The Balaban J connectivity index is 2.47. The molecule has 0 radical (unpaired) electrons. The monoisotopic (exact) mass is 259 g/mol. The van der Waals surface area contributed by atoms with E-state index in [1.165, 1.54) is 32.1 Å². The van der Waals surface area contributed by atoms with Crippen LogP contribution in [0.4, 0.5) is 0 Å². The molecule has 100 valence electrons. The Morgan fingerprint density at radius 2 is 1.94 bits per heavy atom. The van der Waals surface area contributed by atoms with Crippen LogP contribution in [0, 0.1) is 5.92 Å². The summed E-state index contributed by atoms with van der Waals surface area (Å²) >= 11 is 5.83. The minimum atomic E-state index is 0.311. The molecule has 3 heteroatoms. The number of amides is 1. The van der Waals surface area contributed by atoms with Gasteiger partial charge in [-0.3, -0.25) is 4.79 Å². The van der Waals surface area contributed by atoms with Gasteiger partial charge in [0.05, 0.1) is 0 Å². The molecule has 1 aliphatic rings. The topological polar surface area (TPSA) is 20.3 Å². The summed E-state index contributed by atoms with van der Waals surface area (Å²) in [7, 11) is 0. The Morgan fingerprint density at radius 1 is 1.29 bits per heavy atom. The molecular weight excluding hydrogens is 234 g/mol. The number of hydrogen-bond donors (Lipinski definition) is 0. The molecule has 0 aromatic rings. The van der Waals surface area contributed by atoms with Gasteiger partial charge in [-0.15, -0.1) is 11.6 Å². The van der Waals surface area contributed by atoms with Crippen LogP contribution in [0.3, 0.4) is 0 Å². The molecule has 1 amide bonds. The van der Waals surface area contributed by atoms with Crippen molar-refractivity contribution in [3.8, 4) is 0 Å². The normalized spacial score (nSPS) is 17.4. The molecule has 0 bridgehead atoms. The third kappa shape index (κ3) is 5.29. The maximum Gasteiger partial charge on any atom is 0.222 e. The molecule has 0 aromatic carbocycles. The summed E-state index contributed by atoms with van der Waals surface area (Å²) in [4.78, 5) is 14.3. The predicted octanol–water partition coefficient (Wildman–Crippen LogP) is 3.82. The van der Waals surface area contributed by atoms with Crippen molar-refractivity contribution in [3.63, 3.8) is 0 Å². The van der Waals surface area contributed by atoms with Crippen molar-refractivity contribution in [1.82, 2.24) is 4.90 Å². The van der Waals surface area contributed by atoms with Crippen LogP contribution < -0.4 is 0 Å². The van der Waals surface area contributed by atoms with Crippen molar-refractivity contribution in [3.05, 3.63) is 0 Å². The minimum Gasteiger partial charge on any atom is -0.339 e. The number of carbonyl (C=O) groups excluding carboxylic acids is 1. The van der Waals surface area contributed by atoms with E-state index >= 15 is 0 Å². The average molecular weight is 260 g/mol. The van der Waals surface area contributed by atoms with E-state index in [9.17, 15) is 4.79 Å². The van der Waals surface area contributed by atoms with Crippen molar-refractivity contribution >= 4 is 17.5 Å². The largest absolute Gasteiger partial charge is 0.339 e. The van der Waals surface area contributed by atoms with Crippen molar-refractivity contribution in [1.29, 1.82) is 0 Å². The average Bonchev–Trinajstić information content (AvgIpc) is 2.34. The molecule has 0 aromatic heterocycles. The molecule has 0 heterocycles. The Hall–Kier alpha value is -0.240. The molecule has 0 spiro atoms. The lowest BCUT2D eigenvalue weighted by molar-refractivity contribution is -0.134. The summed E-state index contributed by atoms with van der Waals surface area (Å²) in [6, 6.07) is 0.460. The van der Waals surface area contributed by atoms with Crippen molar-refractivity contribution in [2.75, 3.05) is 12.4 Å². The molecule has 0 unspecified atom stereocenters. The zero-order chi connectivity index (χ0) is 12.7. The number of nitrogens with zero attached hydrogens (tertiary/aromatic N) is 1. The highest BCUT2D eigenvalue weighted by molar-refractivity contribution is 6.18. The second-order valence-electron chi connectivity index (χ2n) is 5.50. The molecule has 0 aliphatic heterocycles. The van der Waals surface area contributed by atoms with Crippen LogP contribution in [-0.4, -0.2) is 29.3 Å². The smallest absolute Gasteiger partial charge is 0.222 e. The third-order valence-electron chi connectivity index (χ3n) is 3.60. The summed E-state index contributed by atoms with van der Waals surface area (Å²) in [6.45, 7) is 5.06. The number of rotatable bonds is 6. The van der Waals surface area contributed by atoms with E-state index < -0.39 is 0 Å². The Labute approximate surface area is 111 Å². The van der Waals surface area contributed by atoms with Crippen LogP contribution in [0.15, 0.2) is 0 Å². The second-order valence-corrected chi connectivity index (χ2v) is 5.88. The van der Waals surface area contributed by atoms with Gasteiger partial charge in [0.25, 0.3) is 0 Å². The van der Waals surface area contributed by atoms with Crippen molar-refractivity contribution in [2.24, 2.45) is 5.92 Å². The van der Waals surface area contributed by atoms with Crippen LogP contribution >= 0.6 is 11.6 Å². The first-order chi connectivity index (χ1) is 8.15. The SMILES string of the molecule is CC(C)CCC(=O)N(CCCl)C1CCCCC1. The quantitative estimate of drug-likeness (QED) is 0.664. The van der Waals surface area contributed by atoms with Crippen molar-refractivity contribution in [2.45, 2.75) is 64.8 Å². The maximum atomic E-state index is 12.2. The molecule has 1 rings (SSSR count). The van der Waals surface area contributed by atoms with E-state index in [0.717, 1.165) is 13.0 Å². The summed E-state index contributed by atoms with van der Waals surface area (Å²) in [5.41, 5.74) is 0. The second kappa shape index (κ2) is 7.97. The van der Waals surface area contributed by atoms with Gasteiger partial charge < -0.3 is 4.90 Å². The minimum absolute atomic E-state index is 0.311. The highest BCUT2D eigenvalue weighted by Gasteiger charge is 2.24.